The number of aromatic nitrogens is 3. The summed E-state index contributed by atoms with van der Waals surface area (Å²) in [5.41, 5.74) is 4.13. The number of carbonyl (C=O) groups excluding carboxylic acids is 1. The minimum atomic E-state index is -0.126. The second-order valence-electron chi connectivity index (χ2n) is 9.27. The number of allylic oxidation sites excluding steroid dienone is 1. The maximum atomic E-state index is 12.6. The molecule has 190 valence electrons. The zero-order valence-corrected chi connectivity index (χ0v) is 21.9. The minimum Gasteiger partial charge on any atom is -0.396 e. The molecule has 5 N–H and O–H groups in total. The van der Waals surface area contributed by atoms with Crippen LogP contribution in [0.3, 0.4) is 0 Å². The predicted octanol–water partition coefficient (Wildman–Crippen LogP) is 4.01. The molecule has 0 aliphatic carbocycles. The fourth-order valence-electron chi connectivity index (χ4n) is 3.23. The Morgan fingerprint density at radius 2 is 2.03 bits per heavy atom. The maximum Gasteiger partial charge on any atom is 0.263 e. The molecule has 0 fully saturated rings. The van der Waals surface area contributed by atoms with Gasteiger partial charge in [-0.1, -0.05) is 32.9 Å². The molecule has 0 radical (unpaired) electrons. The third-order valence-electron chi connectivity index (χ3n) is 5.25. The van der Waals surface area contributed by atoms with Crippen LogP contribution in [0.15, 0.2) is 48.6 Å². The Bertz CT molecular complexity index is 1230. The van der Waals surface area contributed by atoms with E-state index in [1.54, 1.807) is 18.6 Å². The molecule has 0 aliphatic rings. The van der Waals surface area contributed by atoms with E-state index in [0.29, 0.717) is 36.0 Å². The number of nitrogens with zero attached hydrogens (tertiary/aromatic N) is 3. The van der Waals surface area contributed by atoms with E-state index in [9.17, 15) is 4.79 Å². The molecule has 0 saturated heterocycles. The molecule has 0 atom stereocenters. The molecule has 2 heterocycles. The molecule has 9 nitrogen and oxygen atoms in total. The maximum absolute atomic E-state index is 12.6. The smallest absolute Gasteiger partial charge is 0.263 e. The van der Waals surface area contributed by atoms with E-state index in [4.69, 9.17) is 10.5 Å². The normalized spacial score (nSPS) is 11.8. The highest BCUT2D eigenvalue weighted by Crippen LogP contribution is 2.27. The van der Waals surface area contributed by atoms with Crippen LogP contribution in [0.4, 0.5) is 5.95 Å². The van der Waals surface area contributed by atoms with Crippen molar-refractivity contribution in [3.63, 3.8) is 0 Å². The number of nitrogens with one attached hydrogen (secondary N) is 4. The van der Waals surface area contributed by atoms with Crippen LogP contribution in [0.25, 0.3) is 11.3 Å². The minimum absolute atomic E-state index is 0.0828. The lowest BCUT2D eigenvalue weighted by molar-refractivity contribution is 0.0954. The number of aliphatic hydroxyl groups is 1. The molecule has 1 amide bonds. The van der Waals surface area contributed by atoms with Crippen LogP contribution in [0, 0.1) is 12.3 Å². The molecular weight excluding hydrogens is 474 g/mol. The van der Waals surface area contributed by atoms with Crippen LogP contribution in [-0.2, 0) is 12.0 Å². The monoisotopic (exact) mass is 507 g/mol. The first-order chi connectivity index (χ1) is 17.2. The average Bonchev–Trinajstić information content (AvgIpc) is 3.36. The Morgan fingerprint density at radius 1 is 1.22 bits per heavy atom. The summed E-state index contributed by atoms with van der Waals surface area (Å²) in [6.45, 7) is 9.37. The summed E-state index contributed by atoms with van der Waals surface area (Å²) >= 11 is 1.43. The molecule has 3 aromatic rings. The lowest BCUT2D eigenvalue weighted by atomic mass is 9.98. The molecule has 1 aromatic carbocycles. The topological polar surface area (TPSA) is 136 Å². The largest absolute Gasteiger partial charge is 0.396 e. The van der Waals surface area contributed by atoms with Gasteiger partial charge in [-0.3, -0.25) is 4.79 Å². The molecular formula is C26H33N7O2S. The van der Waals surface area contributed by atoms with E-state index in [2.05, 4.69) is 51.7 Å². The highest BCUT2D eigenvalue weighted by Gasteiger charge is 2.20. The van der Waals surface area contributed by atoms with Gasteiger partial charge in [0.2, 0.25) is 5.95 Å². The standard InChI is InChI=1S/C26H33N7O2S/c1-17-12-18(21-8-10-29-25(33-21)32-20(13-27)15-28-9-5-11-34)6-7-19(17)14-30-23(35)22-16-31-24(36-22)26(2,3)4/h6-8,10,12-13,15-16,27-28,34H,5,9,11,14H2,1-4H3,(H,30,35)(H,29,32,33)/b20-15+,27-13?. The summed E-state index contributed by atoms with van der Waals surface area (Å²) in [7, 11) is 0. The van der Waals surface area contributed by atoms with Crippen molar-refractivity contribution in [1.82, 2.24) is 25.6 Å². The number of aliphatic hydroxyl groups excluding tert-OH is 1. The first-order valence-electron chi connectivity index (χ1n) is 11.7. The average molecular weight is 508 g/mol. The zero-order valence-electron chi connectivity index (χ0n) is 21.1. The van der Waals surface area contributed by atoms with Crippen LogP contribution in [0.2, 0.25) is 0 Å². The van der Waals surface area contributed by atoms with Gasteiger partial charge in [0.1, 0.15) is 4.88 Å². The fraction of sp³-hybridized carbons (Fsp3) is 0.346. The van der Waals surface area contributed by atoms with Crippen LogP contribution >= 0.6 is 11.3 Å². The number of benzene rings is 1. The van der Waals surface area contributed by atoms with E-state index in [-0.39, 0.29) is 17.9 Å². The molecule has 36 heavy (non-hydrogen) atoms. The Kier molecular flexibility index (Phi) is 9.26. The summed E-state index contributed by atoms with van der Waals surface area (Å²) in [6.07, 6.45) is 6.75. The van der Waals surface area contributed by atoms with Crippen LogP contribution in [-0.4, -0.2) is 45.3 Å². The van der Waals surface area contributed by atoms with E-state index in [1.807, 2.05) is 31.2 Å². The van der Waals surface area contributed by atoms with Gasteiger partial charge in [0.05, 0.1) is 22.6 Å². The number of carbonyl (C=O) groups is 1. The Balaban J connectivity index is 1.65. The van der Waals surface area contributed by atoms with Crippen LogP contribution < -0.4 is 16.0 Å². The summed E-state index contributed by atoms with van der Waals surface area (Å²) in [6, 6.07) is 7.81. The van der Waals surface area contributed by atoms with Crippen molar-refractivity contribution >= 4 is 29.4 Å². The number of rotatable bonds is 11. The number of aryl methyl sites for hydroxylation is 1. The SMILES string of the molecule is Cc1cc(-c2ccnc(N/C(C=N)=C/NCCCO)n2)ccc1CNC(=O)c1cnc(C(C)(C)C)s1. The highest BCUT2D eigenvalue weighted by molar-refractivity contribution is 7.13. The number of amides is 1. The molecule has 0 aliphatic heterocycles. The number of hydrogen-bond donors (Lipinski definition) is 5. The van der Waals surface area contributed by atoms with Crippen molar-refractivity contribution in [1.29, 1.82) is 5.41 Å². The van der Waals surface area contributed by atoms with Gasteiger partial charge in [-0.2, -0.15) is 0 Å². The summed E-state index contributed by atoms with van der Waals surface area (Å²) < 4.78 is 0. The van der Waals surface area contributed by atoms with Crippen molar-refractivity contribution in [2.45, 2.75) is 46.1 Å². The molecule has 0 unspecified atom stereocenters. The molecule has 10 heteroatoms. The summed E-state index contributed by atoms with van der Waals surface area (Å²) in [5, 5.41) is 26.4. The number of thiazole rings is 1. The second kappa shape index (κ2) is 12.4. The molecule has 2 aromatic heterocycles. The Morgan fingerprint density at radius 3 is 2.69 bits per heavy atom. The molecule has 0 spiro atoms. The number of anilines is 1. The van der Waals surface area contributed by atoms with Gasteiger partial charge in [0, 0.05) is 49.3 Å². The van der Waals surface area contributed by atoms with Gasteiger partial charge >= 0.3 is 0 Å². The van der Waals surface area contributed by atoms with Crippen molar-refractivity contribution in [3.8, 4) is 11.3 Å². The number of hydrogen-bond acceptors (Lipinski definition) is 9. The van der Waals surface area contributed by atoms with E-state index in [0.717, 1.165) is 27.4 Å². The predicted molar refractivity (Wildman–Crippen MR) is 144 cm³/mol. The van der Waals surface area contributed by atoms with Gasteiger partial charge in [-0.25, -0.2) is 15.0 Å². The van der Waals surface area contributed by atoms with Crippen molar-refractivity contribution < 1.29 is 9.90 Å². The van der Waals surface area contributed by atoms with Crippen molar-refractivity contribution in [2.75, 3.05) is 18.5 Å². The first-order valence-corrected chi connectivity index (χ1v) is 12.5. The van der Waals surface area contributed by atoms with Gasteiger partial charge in [0.25, 0.3) is 5.91 Å². The van der Waals surface area contributed by atoms with Gasteiger partial charge in [-0.05, 0) is 36.6 Å². The van der Waals surface area contributed by atoms with Crippen LogP contribution in [0.5, 0.6) is 0 Å². The van der Waals surface area contributed by atoms with E-state index in [1.165, 1.54) is 17.6 Å². The quantitative estimate of drug-likeness (QED) is 0.195. The van der Waals surface area contributed by atoms with Gasteiger partial charge < -0.3 is 26.5 Å². The summed E-state index contributed by atoms with van der Waals surface area (Å²) in [5.74, 6) is 0.248. The second-order valence-corrected chi connectivity index (χ2v) is 10.3. The first kappa shape index (κ1) is 27.0. The molecule has 0 bridgehead atoms. The zero-order chi connectivity index (χ0) is 26.1. The lowest BCUT2D eigenvalue weighted by Crippen LogP contribution is -2.22. The lowest BCUT2D eigenvalue weighted by Gasteiger charge is -2.13. The van der Waals surface area contributed by atoms with Crippen molar-refractivity contribution in [2.24, 2.45) is 0 Å². The van der Waals surface area contributed by atoms with Crippen LogP contribution in [0.1, 0.15) is 53.0 Å². The van der Waals surface area contributed by atoms with Gasteiger partial charge in [0.15, 0.2) is 0 Å². The third-order valence-corrected chi connectivity index (χ3v) is 6.67. The molecule has 0 saturated carbocycles. The van der Waals surface area contributed by atoms with E-state index >= 15 is 0 Å². The summed E-state index contributed by atoms with van der Waals surface area (Å²) in [4.78, 5) is 26.4. The van der Waals surface area contributed by atoms with E-state index < -0.39 is 0 Å². The van der Waals surface area contributed by atoms with Gasteiger partial charge in [-0.15, -0.1) is 11.3 Å². The Hall–Kier alpha value is -3.63. The Labute approximate surface area is 215 Å². The molecule has 3 rings (SSSR count). The fourth-order valence-corrected chi connectivity index (χ4v) is 4.12. The van der Waals surface area contributed by atoms with Crippen molar-refractivity contribution in [3.05, 3.63) is 69.6 Å². The third kappa shape index (κ3) is 7.43. The highest BCUT2D eigenvalue weighted by atomic mass is 32.1.